The fraction of sp³-hybridized carbons (Fsp3) is 0.188. The fourth-order valence-corrected chi connectivity index (χ4v) is 2.99. The summed E-state index contributed by atoms with van der Waals surface area (Å²) in [5.41, 5.74) is 1.39. The molecule has 0 aliphatic rings. The van der Waals surface area contributed by atoms with Crippen molar-refractivity contribution in [2.45, 2.75) is 29.4 Å². The van der Waals surface area contributed by atoms with Crippen molar-refractivity contribution in [1.29, 1.82) is 5.41 Å². The van der Waals surface area contributed by atoms with Gasteiger partial charge in [0.25, 0.3) is 0 Å². The number of aromatic hydroxyl groups is 1. The van der Waals surface area contributed by atoms with Gasteiger partial charge in [0, 0.05) is 13.0 Å². The molecule has 0 spiro atoms. The number of nitrogens with zero attached hydrogens (tertiary/aromatic N) is 3. The van der Waals surface area contributed by atoms with Gasteiger partial charge in [-0.1, -0.05) is 12.1 Å². The molecule has 0 fully saturated rings. The van der Waals surface area contributed by atoms with Gasteiger partial charge >= 0.3 is 0 Å². The summed E-state index contributed by atoms with van der Waals surface area (Å²) < 4.78 is 1.89. The van der Waals surface area contributed by atoms with E-state index >= 15 is 0 Å². The zero-order chi connectivity index (χ0) is 16.2. The smallest absolute Gasteiger partial charge is 0.173 e. The average Bonchev–Trinajstić information content (AvgIpc) is 2.97. The van der Waals surface area contributed by atoms with Crippen LogP contribution < -0.4 is 5.49 Å². The Labute approximate surface area is 137 Å². The van der Waals surface area contributed by atoms with Crippen LogP contribution in [0, 0.1) is 17.8 Å². The van der Waals surface area contributed by atoms with Crippen LogP contribution in [0.2, 0.25) is 0 Å². The predicted octanol–water partition coefficient (Wildman–Crippen LogP) is 2.51. The van der Waals surface area contributed by atoms with Crippen molar-refractivity contribution in [2.24, 2.45) is 0 Å². The number of phenolic OH excluding ortho intramolecular Hbond substituents is 1. The lowest BCUT2D eigenvalue weighted by atomic mass is 10.3. The first-order valence-electron chi connectivity index (χ1n) is 7.08. The molecule has 116 valence electrons. The zero-order valence-electron chi connectivity index (χ0n) is 12.3. The number of aromatic nitrogens is 4. The molecule has 0 bridgehead atoms. The Morgan fingerprint density at radius 2 is 2.22 bits per heavy atom. The van der Waals surface area contributed by atoms with Crippen LogP contribution in [0.5, 0.6) is 5.75 Å². The van der Waals surface area contributed by atoms with Crippen molar-refractivity contribution in [3.8, 4) is 18.1 Å². The van der Waals surface area contributed by atoms with Crippen LogP contribution in [-0.4, -0.2) is 24.6 Å². The molecule has 2 heterocycles. The predicted molar refractivity (Wildman–Crippen MR) is 88.0 cm³/mol. The first-order chi connectivity index (χ1) is 11.2. The third kappa shape index (κ3) is 3.22. The topological polar surface area (TPSA) is 90.6 Å². The monoisotopic (exact) mass is 325 g/mol. The second kappa shape index (κ2) is 6.58. The number of imidazole rings is 1. The second-order valence-corrected chi connectivity index (χ2v) is 5.94. The molecule has 7 heteroatoms. The average molecular weight is 325 g/mol. The third-order valence-electron chi connectivity index (χ3n) is 3.29. The SMILES string of the molecule is C#CCCCn1cnc(=N)c2[nH]c(Sc3ccccc3O)nc21. The van der Waals surface area contributed by atoms with Crippen LogP contribution in [0.3, 0.4) is 0 Å². The van der Waals surface area contributed by atoms with E-state index in [1.54, 1.807) is 18.5 Å². The van der Waals surface area contributed by atoms with Gasteiger partial charge in [0.15, 0.2) is 16.3 Å². The minimum atomic E-state index is 0.143. The molecule has 0 unspecified atom stereocenters. The fourth-order valence-electron chi connectivity index (χ4n) is 2.17. The Bertz CT molecular complexity index is 938. The molecule has 0 radical (unpaired) electrons. The van der Waals surface area contributed by atoms with Crippen molar-refractivity contribution < 1.29 is 5.11 Å². The largest absolute Gasteiger partial charge is 0.507 e. The first kappa shape index (κ1) is 15.2. The molecule has 0 amide bonds. The minimum Gasteiger partial charge on any atom is -0.507 e. The van der Waals surface area contributed by atoms with Gasteiger partial charge in [-0.25, -0.2) is 9.97 Å². The maximum absolute atomic E-state index is 9.86. The summed E-state index contributed by atoms with van der Waals surface area (Å²) in [6.45, 7) is 0.694. The maximum atomic E-state index is 9.86. The summed E-state index contributed by atoms with van der Waals surface area (Å²) in [6.07, 6.45) is 8.39. The van der Waals surface area contributed by atoms with Crippen LogP contribution in [0.1, 0.15) is 12.8 Å². The van der Waals surface area contributed by atoms with E-state index in [4.69, 9.17) is 11.8 Å². The molecule has 1 aromatic carbocycles. The highest BCUT2D eigenvalue weighted by Crippen LogP contribution is 2.32. The van der Waals surface area contributed by atoms with E-state index in [1.807, 2.05) is 16.7 Å². The Balaban J connectivity index is 1.96. The number of fused-ring (bicyclic) bond motifs is 1. The van der Waals surface area contributed by atoms with Crippen LogP contribution in [0.25, 0.3) is 11.2 Å². The van der Waals surface area contributed by atoms with Crippen LogP contribution in [0.4, 0.5) is 0 Å². The van der Waals surface area contributed by atoms with Gasteiger partial charge in [0.05, 0.1) is 11.2 Å². The number of rotatable bonds is 5. The summed E-state index contributed by atoms with van der Waals surface area (Å²) in [5.74, 6) is 2.81. The van der Waals surface area contributed by atoms with Gasteiger partial charge in [0.2, 0.25) is 0 Å². The van der Waals surface area contributed by atoms with E-state index in [2.05, 4.69) is 20.9 Å². The zero-order valence-corrected chi connectivity index (χ0v) is 13.1. The number of benzene rings is 1. The molecule has 23 heavy (non-hydrogen) atoms. The summed E-state index contributed by atoms with van der Waals surface area (Å²) in [4.78, 5) is 12.4. The lowest BCUT2D eigenvalue weighted by Gasteiger charge is -2.04. The molecule has 2 aromatic heterocycles. The van der Waals surface area contributed by atoms with Crippen molar-refractivity contribution in [3.63, 3.8) is 0 Å². The number of para-hydroxylation sites is 1. The summed E-state index contributed by atoms with van der Waals surface area (Å²) >= 11 is 1.31. The van der Waals surface area contributed by atoms with E-state index in [1.165, 1.54) is 11.8 Å². The van der Waals surface area contributed by atoms with E-state index < -0.39 is 0 Å². The molecule has 6 nitrogen and oxygen atoms in total. The molecule has 3 aromatic rings. The molecule has 3 rings (SSSR count). The van der Waals surface area contributed by atoms with Gasteiger partial charge in [-0.05, 0) is 30.3 Å². The Morgan fingerprint density at radius 3 is 3.00 bits per heavy atom. The van der Waals surface area contributed by atoms with Crippen LogP contribution in [0.15, 0.2) is 40.6 Å². The number of phenols is 1. The highest BCUT2D eigenvalue weighted by molar-refractivity contribution is 7.99. The van der Waals surface area contributed by atoms with E-state index in [9.17, 15) is 5.11 Å². The third-order valence-corrected chi connectivity index (χ3v) is 4.24. The highest BCUT2D eigenvalue weighted by atomic mass is 32.2. The minimum absolute atomic E-state index is 0.143. The molecule has 0 aliphatic carbocycles. The number of hydrogen-bond donors (Lipinski definition) is 3. The first-order valence-corrected chi connectivity index (χ1v) is 7.89. The van der Waals surface area contributed by atoms with Gasteiger partial charge in [-0.15, -0.1) is 12.3 Å². The number of hydrogen-bond acceptors (Lipinski definition) is 5. The van der Waals surface area contributed by atoms with Gasteiger partial charge < -0.3 is 14.7 Å². The lowest BCUT2D eigenvalue weighted by Crippen LogP contribution is -2.12. The Hall–Kier alpha value is -2.72. The van der Waals surface area contributed by atoms with E-state index in [-0.39, 0.29) is 11.2 Å². The number of nitrogens with one attached hydrogen (secondary N) is 2. The molecule has 0 saturated heterocycles. The van der Waals surface area contributed by atoms with Crippen molar-refractivity contribution >= 4 is 22.9 Å². The maximum Gasteiger partial charge on any atom is 0.173 e. The Morgan fingerprint density at radius 1 is 1.39 bits per heavy atom. The standard InChI is InChI=1S/C16H15N5OS/c1-2-3-6-9-21-10-18-14(17)13-15(21)20-16(19-13)23-12-8-5-4-7-11(12)22/h1,4-5,7-8,10,17,22H,3,6,9H2,(H,19,20). The lowest BCUT2D eigenvalue weighted by molar-refractivity contribution is 0.462. The number of aryl methyl sites for hydroxylation is 1. The summed E-state index contributed by atoms with van der Waals surface area (Å²) in [5, 5.41) is 18.4. The van der Waals surface area contributed by atoms with Gasteiger partial charge in [-0.3, -0.25) is 5.41 Å². The molecule has 3 N–H and O–H groups in total. The van der Waals surface area contributed by atoms with E-state index in [0.29, 0.717) is 34.2 Å². The van der Waals surface area contributed by atoms with Crippen LogP contribution in [-0.2, 0) is 6.54 Å². The van der Waals surface area contributed by atoms with Crippen LogP contribution >= 0.6 is 11.8 Å². The van der Waals surface area contributed by atoms with E-state index in [0.717, 1.165) is 6.42 Å². The summed E-state index contributed by atoms with van der Waals surface area (Å²) in [6, 6.07) is 7.06. The normalized spacial score (nSPS) is 10.7. The second-order valence-electron chi connectivity index (χ2n) is 4.90. The van der Waals surface area contributed by atoms with Gasteiger partial charge in [-0.2, -0.15) is 0 Å². The number of aromatic amines is 1. The van der Waals surface area contributed by atoms with Crippen molar-refractivity contribution in [1.82, 2.24) is 19.5 Å². The molecule has 0 atom stereocenters. The molecule has 0 aliphatic heterocycles. The molecule has 0 saturated carbocycles. The molecular weight excluding hydrogens is 310 g/mol. The van der Waals surface area contributed by atoms with Crippen molar-refractivity contribution in [3.05, 3.63) is 36.1 Å². The van der Waals surface area contributed by atoms with Gasteiger partial charge in [0.1, 0.15) is 11.3 Å². The summed E-state index contributed by atoms with van der Waals surface area (Å²) in [7, 11) is 0. The number of terminal acetylenes is 1. The number of unbranched alkanes of at least 4 members (excludes halogenated alkanes) is 1. The number of H-pyrrole nitrogens is 1. The van der Waals surface area contributed by atoms with Crippen molar-refractivity contribution in [2.75, 3.05) is 0 Å². The Kier molecular flexibility index (Phi) is 4.35. The highest BCUT2D eigenvalue weighted by Gasteiger charge is 2.11. The molecular formula is C16H15N5OS. The quantitative estimate of drug-likeness (QED) is 0.496.